The highest BCUT2D eigenvalue weighted by Crippen LogP contribution is 2.28. The molecule has 6 nitrogen and oxygen atoms in total. The molecule has 1 aliphatic heterocycles. The maximum Gasteiger partial charge on any atom is 0.272 e. The molecule has 3 aromatic carbocycles. The Morgan fingerprint density at radius 2 is 1.59 bits per heavy atom. The number of nitrogens with two attached hydrogens (primary N) is 1. The minimum absolute atomic E-state index is 0.239. The molecule has 0 saturated carbocycles. The van der Waals surface area contributed by atoms with E-state index in [1.807, 2.05) is 36.7 Å². The normalized spacial score (nSPS) is 13.7. The van der Waals surface area contributed by atoms with Crippen LogP contribution in [0.25, 0.3) is 0 Å². The fraction of sp³-hybridized carbons (Fsp3) is 0.243. The van der Waals surface area contributed by atoms with E-state index in [-0.39, 0.29) is 5.91 Å². The molecule has 4 aromatic rings. The largest absolute Gasteiger partial charge is 0.341 e. The fourth-order valence-electron chi connectivity index (χ4n) is 5.43. The number of carbonyl (C=O) groups is 1. The van der Waals surface area contributed by atoms with Crippen LogP contribution < -0.4 is 21.1 Å². The van der Waals surface area contributed by atoms with Crippen molar-refractivity contribution in [3.63, 3.8) is 0 Å². The fourth-order valence-corrected chi connectivity index (χ4v) is 5.62. The molecule has 1 aromatic heterocycles. The zero-order valence-corrected chi connectivity index (χ0v) is 26.2. The third-order valence-electron chi connectivity index (χ3n) is 7.75. The summed E-state index contributed by atoms with van der Waals surface area (Å²) in [5, 5.41) is 2.03. The second-order valence-electron chi connectivity index (χ2n) is 11.1. The Hall–Kier alpha value is -4.23. The van der Waals surface area contributed by atoms with Crippen molar-refractivity contribution >= 4 is 28.9 Å². The second-order valence-corrected chi connectivity index (χ2v) is 11.5. The molecule has 226 valence electrons. The van der Waals surface area contributed by atoms with Gasteiger partial charge in [-0.25, -0.2) is 10.4 Å². The molecule has 0 aliphatic carbocycles. The zero-order chi connectivity index (χ0) is 30.9. The minimum Gasteiger partial charge on any atom is -0.341 e. The van der Waals surface area contributed by atoms with Gasteiger partial charge in [0.15, 0.2) is 0 Å². The Morgan fingerprint density at radius 1 is 0.932 bits per heavy atom. The molecule has 0 saturated heterocycles. The lowest BCUT2D eigenvalue weighted by atomic mass is 10.0. The molecule has 0 bridgehead atoms. The third kappa shape index (κ3) is 7.83. The number of amides is 1. The maximum absolute atomic E-state index is 13.8. The maximum atomic E-state index is 13.8. The van der Waals surface area contributed by atoms with Crippen molar-refractivity contribution in [2.24, 2.45) is 5.73 Å². The molecule has 1 aliphatic rings. The highest BCUT2D eigenvalue weighted by molar-refractivity contribution is 6.31. The zero-order valence-electron chi connectivity index (χ0n) is 25.4. The average Bonchev–Trinajstić information content (AvgIpc) is 3.05. The van der Waals surface area contributed by atoms with Crippen molar-refractivity contribution in [2.75, 3.05) is 16.5 Å². The topological polar surface area (TPSA) is 74.5 Å². The van der Waals surface area contributed by atoms with Crippen molar-refractivity contribution in [3.8, 4) is 0 Å². The molecule has 7 heteroatoms. The highest BCUT2D eigenvalue weighted by atomic mass is 35.5. The molecule has 2 heterocycles. The number of aryl methyl sites for hydroxylation is 2. The number of hydrogen-bond donors (Lipinski definition) is 2. The molecule has 3 N–H and O–H groups in total. The van der Waals surface area contributed by atoms with Crippen molar-refractivity contribution in [1.29, 1.82) is 0 Å². The molecule has 44 heavy (non-hydrogen) atoms. The van der Waals surface area contributed by atoms with E-state index in [2.05, 4.69) is 77.7 Å². The molecule has 1 atom stereocenters. The summed E-state index contributed by atoms with van der Waals surface area (Å²) >= 11 is 6.25. The molecule has 0 fully saturated rings. The van der Waals surface area contributed by atoms with Gasteiger partial charge in [0.25, 0.3) is 5.91 Å². The summed E-state index contributed by atoms with van der Waals surface area (Å²) in [6.07, 6.45) is 12.2. The first-order chi connectivity index (χ1) is 21.4. The van der Waals surface area contributed by atoms with Crippen LogP contribution in [0.3, 0.4) is 0 Å². The number of aromatic nitrogens is 1. The number of rotatable bonds is 12. The Balaban J connectivity index is 1.44. The standard InChI is InChI=1S/C37H40ClN5O/c1-3-6-27-10-14-33(15-11-27)42-23-20-30(26-35(42)24-29-18-21-40-22-19-29)36(39)41-43(34-16-12-28(7-4-2)13-17-34)37(44)31-8-5-9-32(38)25-31/h5,8-22,25-26,36,41H,3-4,6-7,23-24,39H2,1-2H3. The monoisotopic (exact) mass is 605 g/mol. The number of halogens is 1. The van der Waals surface area contributed by atoms with Gasteiger partial charge < -0.3 is 10.6 Å². The number of allylic oxidation sites excluding steroid dienone is 1. The smallest absolute Gasteiger partial charge is 0.272 e. The van der Waals surface area contributed by atoms with Crippen LogP contribution in [0, 0.1) is 0 Å². The van der Waals surface area contributed by atoms with E-state index >= 15 is 0 Å². The highest BCUT2D eigenvalue weighted by Gasteiger charge is 2.24. The molecule has 1 unspecified atom stereocenters. The molecular formula is C37H40ClN5O. The molecule has 0 radical (unpaired) electrons. The van der Waals surface area contributed by atoms with Crippen molar-refractivity contribution in [1.82, 2.24) is 10.4 Å². The first kappa shape index (κ1) is 31.2. The first-order valence-corrected chi connectivity index (χ1v) is 15.7. The van der Waals surface area contributed by atoms with E-state index < -0.39 is 6.17 Å². The van der Waals surface area contributed by atoms with E-state index in [9.17, 15) is 4.79 Å². The van der Waals surface area contributed by atoms with E-state index in [0.29, 0.717) is 29.2 Å². The average molecular weight is 606 g/mol. The van der Waals surface area contributed by atoms with Crippen molar-refractivity contribution in [2.45, 2.75) is 52.1 Å². The Kier molecular flexibility index (Phi) is 10.6. The van der Waals surface area contributed by atoms with Crippen LogP contribution in [0.15, 0.2) is 121 Å². The predicted molar refractivity (Wildman–Crippen MR) is 182 cm³/mol. The van der Waals surface area contributed by atoms with E-state index in [4.69, 9.17) is 17.3 Å². The molecule has 0 spiro atoms. The van der Waals surface area contributed by atoms with Gasteiger partial charge in [0, 0.05) is 47.3 Å². The van der Waals surface area contributed by atoms with Gasteiger partial charge in [0.2, 0.25) is 0 Å². The SMILES string of the molecule is CCCc1ccc(N2CC=C(C(N)NN(C(=O)c3cccc(Cl)c3)c3ccc(CCC)cc3)C=C2Cc2ccncc2)cc1. The number of carbonyl (C=O) groups excluding carboxylic acids is 1. The van der Waals surface area contributed by atoms with Gasteiger partial charge in [0.05, 0.1) is 11.9 Å². The number of nitrogens with zero attached hydrogens (tertiary/aromatic N) is 3. The lowest BCUT2D eigenvalue weighted by Gasteiger charge is -2.33. The number of nitrogens with one attached hydrogen (secondary N) is 1. The van der Waals surface area contributed by atoms with E-state index in [1.54, 1.807) is 24.3 Å². The van der Waals surface area contributed by atoms with Gasteiger partial charge >= 0.3 is 0 Å². The first-order valence-electron chi connectivity index (χ1n) is 15.3. The summed E-state index contributed by atoms with van der Waals surface area (Å²) in [6.45, 7) is 5.01. The van der Waals surface area contributed by atoms with Crippen molar-refractivity contribution in [3.05, 3.63) is 148 Å². The van der Waals surface area contributed by atoms with Crippen LogP contribution in [0.1, 0.15) is 53.7 Å². The quantitative estimate of drug-likeness (QED) is 0.128. The van der Waals surface area contributed by atoms with Crippen molar-refractivity contribution < 1.29 is 4.79 Å². The Labute approximate surface area is 265 Å². The van der Waals surface area contributed by atoms with Gasteiger partial charge in [0.1, 0.15) is 0 Å². The number of hydrogen-bond acceptors (Lipinski definition) is 5. The summed E-state index contributed by atoms with van der Waals surface area (Å²) in [6, 6.07) is 27.9. The lowest BCUT2D eigenvalue weighted by Crippen LogP contribution is -2.53. The summed E-state index contributed by atoms with van der Waals surface area (Å²) < 4.78 is 0. The van der Waals surface area contributed by atoms with Gasteiger partial charge in [-0.2, -0.15) is 0 Å². The van der Waals surface area contributed by atoms with Crippen LogP contribution in [0.2, 0.25) is 5.02 Å². The van der Waals surface area contributed by atoms with Crippen LogP contribution in [0.5, 0.6) is 0 Å². The minimum atomic E-state index is -0.644. The van der Waals surface area contributed by atoms with Crippen LogP contribution >= 0.6 is 11.6 Å². The van der Waals surface area contributed by atoms with Crippen LogP contribution in [-0.2, 0) is 19.3 Å². The lowest BCUT2D eigenvalue weighted by molar-refractivity contribution is 0.0971. The predicted octanol–water partition coefficient (Wildman–Crippen LogP) is 7.65. The van der Waals surface area contributed by atoms with Crippen LogP contribution in [-0.4, -0.2) is 23.6 Å². The van der Waals surface area contributed by atoms with Gasteiger partial charge in [-0.3, -0.25) is 9.78 Å². The number of anilines is 2. The number of pyridine rings is 1. The summed E-state index contributed by atoms with van der Waals surface area (Å²) in [7, 11) is 0. The number of benzene rings is 3. The molecular weight excluding hydrogens is 566 g/mol. The second kappa shape index (κ2) is 15.0. The van der Waals surface area contributed by atoms with E-state index in [0.717, 1.165) is 48.2 Å². The van der Waals surface area contributed by atoms with Crippen LogP contribution in [0.4, 0.5) is 11.4 Å². The van der Waals surface area contributed by atoms with Gasteiger partial charge in [-0.05, 0) is 95.8 Å². The summed E-state index contributed by atoms with van der Waals surface area (Å²) in [5.74, 6) is -0.239. The summed E-state index contributed by atoms with van der Waals surface area (Å²) in [5.41, 5.74) is 18.2. The Bertz CT molecular complexity index is 1600. The number of hydrazine groups is 1. The Morgan fingerprint density at radius 3 is 2.23 bits per heavy atom. The van der Waals surface area contributed by atoms with E-state index in [1.165, 1.54) is 16.1 Å². The molecule has 1 amide bonds. The van der Waals surface area contributed by atoms with Gasteiger partial charge in [-0.1, -0.05) is 74.7 Å². The third-order valence-corrected chi connectivity index (χ3v) is 7.98. The van der Waals surface area contributed by atoms with Gasteiger partial charge in [-0.15, -0.1) is 0 Å². The summed E-state index contributed by atoms with van der Waals surface area (Å²) in [4.78, 5) is 20.3. The molecule has 5 rings (SSSR count).